The fourth-order valence-electron chi connectivity index (χ4n) is 8.33. The highest BCUT2D eigenvalue weighted by molar-refractivity contribution is 6.29. The number of oxazole rings is 2. The fourth-order valence-corrected chi connectivity index (χ4v) is 8.33. The zero-order chi connectivity index (χ0) is 41.2. The number of aromatic nitrogens is 2. The van der Waals surface area contributed by atoms with E-state index in [0.29, 0.717) is 23.5 Å². The van der Waals surface area contributed by atoms with E-state index in [9.17, 15) is 0 Å². The number of nitrogens with zero attached hydrogens (tertiary/aromatic N) is 4. The topological polar surface area (TPSA) is 58.5 Å². The van der Waals surface area contributed by atoms with Crippen molar-refractivity contribution < 1.29 is 8.83 Å². The Morgan fingerprint density at radius 1 is 0.400 bits per heavy atom. The van der Waals surface area contributed by atoms with Gasteiger partial charge >= 0.3 is 0 Å². The van der Waals surface area contributed by atoms with Gasteiger partial charge in [-0.15, -0.1) is 0 Å². The molecule has 0 N–H and O–H groups in total. The van der Waals surface area contributed by atoms with Crippen molar-refractivity contribution in [2.24, 2.45) is 0 Å². The van der Waals surface area contributed by atoms with Crippen molar-refractivity contribution in [3.63, 3.8) is 0 Å². The summed E-state index contributed by atoms with van der Waals surface area (Å²) in [5.74, 6) is 2.41. The third-order valence-corrected chi connectivity index (χ3v) is 11.4. The minimum Gasteiger partial charge on any atom is -0.420 e. The summed E-state index contributed by atoms with van der Waals surface area (Å²) in [6.07, 6.45) is 3.68. The van der Waals surface area contributed by atoms with Gasteiger partial charge in [0.25, 0.3) is 0 Å². The summed E-state index contributed by atoms with van der Waals surface area (Å²) in [4.78, 5) is 14.3. The zero-order valence-corrected chi connectivity index (χ0v) is 34.8. The van der Waals surface area contributed by atoms with Gasteiger partial charge in [0.2, 0.25) is 23.5 Å². The van der Waals surface area contributed by atoms with Gasteiger partial charge in [0.05, 0.1) is 12.4 Å². The summed E-state index contributed by atoms with van der Waals surface area (Å²) >= 11 is 0. The smallest absolute Gasteiger partial charge is 0.229 e. The van der Waals surface area contributed by atoms with Gasteiger partial charge in [-0.25, -0.2) is 9.97 Å². The minimum atomic E-state index is -0.136. The lowest BCUT2D eigenvalue weighted by molar-refractivity contribution is 0.580. The molecule has 0 saturated carbocycles. The summed E-state index contributed by atoms with van der Waals surface area (Å²) in [5, 5.41) is 6.74. The van der Waals surface area contributed by atoms with Crippen LogP contribution in [0.15, 0.2) is 179 Å². The van der Waals surface area contributed by atoms with E-state index in [1.54, 1.807) is 0 Å². The van der Waals surface area contributed by atoms with Crippen LogP contribution in [0.4, 0.5) is 34.5 Å². The molecule has 0 spiro atoms. The van der Waals surface area contributed by atoms with Crippen molar-refractivity contribution in [1.82, 2.24) is 9.97 Å². The van der Waals surface area contributed by atoms with E-state index in [0.717, 1.165) is 55.4 Å². The molecule has 294 valence electrons. The molecule has 0 saturated heterocycles. The highest BCUT2D eigenvalue weighted by Crippen LogP contribution is 2.48. The van der Waals surface area contributed by atoms with Crippen LogP contribution in [-0.4, -0.2) is 9.97 Å². The standard InChI is InChI=1S/C54H46N4O2/c1-53(2,3)37-27-35-29-46(52-56-34-48(60-52)58(41-23-15-9-16-24-41)42-25-17-10-18-26-42)44-32-38(54(4,5)6)28-36-30-45(43(31-37)49(35)50(36)44)51-55-33-47(59-51)57(39-19-11-7-12-20-39)40-21-13-8-14-22-40/h7-34H,1-6H3. The van der Waals surface area contributed by atoms with E-state index >= 15 is 0 Å². The summed E-state index contributed by atoms with van der Waals surface area (Å²) in [6.45, 7) is 13.6. The molecule has 0 atom stereocenters. The Hall–Kier alpha value is -7.18. The highest BCUT2D eigenvalue weighted by Gasteiger charge is 2.27. The molecule has 10 rings (SSSR count). The molecule has 60 heavy (non-hydrogen) atoms. The maximum atomic E-state index is 6.87. The Bertz CT molecular complexity index is 2810. The highest BCUT2D eigenvalue weighted by atomic mass is 16.4. The molecule has 0 amide bonds. The molecule has 6 heteroatoms. The zero-order valence-electron chi connectivity index (χ0n) is 34.8. The predicted molar refractivity (Wildman–Crippen MR) is 248 cm³/mol. The van der Waals surface area contributed by atoms with Crippen molar-refractivity contribution in [2.75, 3.05) is 9.80 Å². The first kappa shape index (κ1) is 37.1. The maximum Gasteiger partial charge on any atom is 0.229 e. The molecule has 2 aromatic heterocycles. The summed E-state index contributed by atoms with van der Waals surface area (Å²) in [5.41, 5.74) is 8.01. The summed E-state index contributed by atoms with van der Waals surface area (Å²) in [7, 11) is 0. The quantitative estimate of drug-likeness (QED) is 0.143. The lowest BCUT2D eigenvalue weighted by Crippen LogP contribution is -2.12. The molecule has 0 unspecified atom stereocenters. The molecule has 0 bridgehead atoms. The molecular formula is C54H46N4O2. The van der Waals surface area contributed by atoms with Crippen LogP contribution in [0, 0.1) is 0 Å². The molecule has 0 radical (unpaired) electrons. The molecule has 0 aliphatic rings. The van der Waals surface area contributed by atoms with E-state index in [1.165, 1.54) is 21.9 Å². The van der Waals surface area contributed by atoms with Gasteiger partial charge in [-0.2, -0.15) is 0 Å². The number of rotatable bonds is 8. The average molecular weight is 783 g/mol. The number of hydrogen-bond donors (Lipinski definition) is 0. The molecule has 8 aromatic carbocycles. The molecule has 0 fully saturated rings. The number of anilines is 6. The average Bonchev–Trinajstić information content (AvgIpc) is 3.94. The third-order valence-electron chi connectivity index (χ3n) is 11.4. The number of para-hydroxylation sites is 4. The van der Waals surface area contributed by atoms with E-state index in [1.807, 2.05) is 85.2 Å². The van der Waals surface area contributed by atoms with Crippen molar-refractivity contribution in [1.29, 1.82) is 0 Å². The predicted octanol–water partition coefficient (Wildman–Crippen LogP) is 15.4. The van der Waals surface area contributed by atoms with E-state index < -0.39 is 0 Å². The second-order valence-corrected chi connectivity index (χ2v) is 17.6. The summed E-state index contributed by atoms with van der Waals surface area (Å²) < 4.78 is 13.7. The Morgan fingerprint density at radius 3 is 1.02 bits per heavy atom. The van der Waals surface area contributed by atoms with Gasteiger partial charge in [0.15, 0.2) is 0 Å². The monoisotopic (exact) mass is 782 g/mol. The lowest BCUT2D eigenvalue weighted by Gasteiger charge is -2.25. The third kappa shape index (κ3) is 6.55. The Balaban J connectivity index is 1.21. The van der Waals surface area contributed by atoms with Gasteiger partial charge in [-0.1, -0.05) is 126 Å². The van der Waals surface area contributed by atoms with Gasteiger partial charge < -0.3 is 8.83 Å². The van der Waals surface area contributed by atoms with E-state index in [-0.39, 0.29) is 10.8 Å². The van der Waals surface area contributed by atoms with Crippen molar-refractivity contribution in [2.45, 2.75) is 52.4 Å². The van der Waals surface area contributed by atoms with Gasteiger partial charge in [-0.3, -0.25) is 9.80 Å². The molecule has 2 heterocycles. The van der Waals surface area contributed by atoms with Crippen LogP contribution in [0.3, 0.4) is 0 Å². The van der Waals surface area contributed by atoms with Crippen LogP contribution in [0.2, 0.25) is 0 Å². The van der Waals surface area contributed by atoms with Crippen molar-refractivity contribution >= 4 is 66.8 Å². The van der Waals surface area contributed by atoms with Crippen LogP contribution in [0.1, 0.15) is 52.7 Å². The molecule has 6 nitrogen and oxygen atoms in total. The van der Waals surface area contributed by atoms with Crippen LogP contribution in [-0.2, 0) is 10.8 Å². The van der Waals surface area contributed by atoms with Gasteiger partial charge in [0.1, 0.15) is 0 Å². The molecule has 0 aliphatic carbocycles. The minimum absolute atomic E-state index is 0.136. The van der Waals surface area contributed by atoms with Crippen LogP contribution >= 0.6 is 0 Å². The maximum absolute atomic E-state index is 6.87. The molecular weight excluding hydrogens is 737 g/mol. The van der Waals surface area contributed by atoms with Gasteiger partial charge in [0, 0.05) is 33.9 Å². The largest absolute Gasteiger partial charge is 0.420 e. The first-order valence-corrected chi connectivity index (χ1v) is 20.6. The second kappa shape index (κ2) is 14.3. The Morgan fingerprint density at radius 2 is 0.717 bits per heavy atom. The Kier molecular flexibility index (Phi) is 8.83. The van der Waals surface area contributed by atoms with E-state index in [2.05, 4.69) is 136 Å². The normalized spacial score (nSPS) is 12.2. The molecule has 10 aromatic rings. The first-order chi connectivity index (χ1) is 29.0. The molecule has 0 aliphatic heterocycles. The summed E-state index contributed by atoms with van der Waals surface area (Å²) in [6, 6.07) is 55.1. The lowest BCUT2D eigenvalue weighted by atomic mass is 9.79. The number of hydrogen-bond acceptors (Lipinski definition) is 6. The SMILES string of the molecule is CC(C)(C)c1cc2cc(-c3ncc(N(c4ccccc4)c4ccccc4)o3)c3cc(C(C)(C)C)cc4cc(-c5ncc(N(c6ccccc6)c6ccccc6)o5)c(c1)c2c43. The number of benzene rings is 8. The fraction of sp³-hybridized carbons (Fsp3) is 0.148. The van der Waals surface area contributed by atoms with Crippen LogP contribution in [0.25, 0.3) is 55.2 Å². The van der Waals surface area contributed by atoms with Crippen molar-refractivity contribution in [3.8, 4) is 22.9 Å². The Labute approximate surface area is 350 Å². The van der Waals surface area contributed by atoms with E-state index in [4.69, 9.17) is 18.8 Å². The van der Waals surface area contributed by atoms with Crippen molar-refractivity contribution in [3.05, 3.63) is 181 Å². The second-order valence-electron chi connectivity index (χ2n) is 17.6. The first-order valence-electron chi connectivity index (χ1n) is 20.6. The van der Waals surface area contributed by atoms with Crippen LogP contribution in [0.5, 0.6) is 0 Å². The van der Waals surface area contributed by atoms with Crippen LogP contribution < -0.4 is 9.80 Å². The van der Waals surface area contributed by atoms with Gasteiger partial charge in [-0.05, 0) is 127 Å².